The summed E-state index contributed by atoms with van der Waals surface area (Å²) >= 11 is 0. The standard InChI is InChI=1S/C24H42O2/c1-6-11-23(4)18(10-13-25)14-16(2)22-20-8-7-19(17(3)15-26)24(20,5)12-9-21(22)23/h13,16-22,26H,6-12,14-15H2,1-5H3. The van der Waals surface area contributed by atoms with Gasteiger partial charge < -0.3 is 9.90 Å². The van der Waals surface area contributed by atoms with Crippen molar-refractivity contribution in [1.82, 2.24) is 0 Å². The molecular formula is C24H42O2. The average Bonchev–Trinajstić information content (AvgIpc) is 2.96. The summed E-state index contributed by atoms with van der Waals surface area (Å²) in [6.07, 6.45) is 11.0. The highest BCUT2D eigenvalue weighted by molar-refractivity contribution is 5.50. The second-order valence-corrected chi connectivity index (χ2v) is 10.7. The van der Waals surface area contributed by atoms with E-state index in [1.54, 1.807) is 0 Å². The summed E-state index contributed by atoms with van der Waals surface area (Å²) in [5.74, 6) is 4.88. The molecule has 26 heavy (non-hydrogen) atoms. The van der Waals surface area contributed by atoms with Gasteiger partial charge in [-0.1, -0.05) is 41.0 Å². The first-order valence-electron chi connectivity index (χ1n) is 11.4. The molecule has 3 aliphatic rings. The van der Waals surface area contributed by atoms with Crippen molar-refractivity contribution in [2.75, 3.05) is 6.61 Å². The zero-order valence-electron chi connectivity index (χ0n) is 17.8. The van der Waals surface area contributed by atoms with Crippen LogP contribution in [0.15, 0.2) is 0 Å². The van der Waals surface area contributed by atoms with Crippen LogP contribution in [0, 0.1) is 52.3 Å². The molecule has 0 bridgehead atoms. The second kappa shape index (κ2) is 7.57. The van der Waals surface area contributed by atoms with Gasteiger partial charge in [-0.2, -0.15) is 0 Å². The van der Waals surface area contributed by atoms with Gasteiger partial charge in [-0.15, -0.1) is 0 Å². The molecule has 0 radical (unpaired) electrons. The molecule has 3 aliphatic carbocycles. The zero-order valence-corrected chi connectivity index (χ0v) is 17.8. The summed E-state index contributed by atoms with van der Waals surface area (Å²) in [6, 6.07) is 0. The molecule has 2 heteroatoms. The monoisotopic (exact) mass is 362 g/mol. The van der Waals surface area contributed by atoms with E-state index < -0.39 is 0 Å². The maximum absolute atomic E-state index is 11.4. The number of rotatable bonds is 6. The van der Waals surface area contributed by atoms with E-state index in [0.29, 0.717) is 35.2 Å². The van der Waals surface area contributed by atoms with Crippen LogP contribution in [0.4, 0.5) is 0 Å². The number of carbonyl (C=O) groups is 1. The number of carbonyl (C=O) groups excluding carboxylic acids is 1. The van der Waals surface area contributed by atoms with Crippen LogP contribution in [0.3, 0.4) is 0 Å². The van der Waals surface area contributed by atoms with Crippen molar-refractivity contribution in [3.05, 3.63) is 0 Å². The van der Waals surface area contributed by atoms with Gasteiger partial charge in [0.15, 0.2) is 0 Å². The Hall–Kier alpha value is -0.370. The van der Waals surface area contributed by atoms with E-state index in [4.69, 9.17) is 0 Å². The Morgan fingerprint density at radius 3 is 2.54 bits per heavy atom. The molecule has 9 unspecified atom stereocenters. The van der Waals surface area contributed by atoms with E-state index in [-0.39, 0.29) is 0 Å². The minimum atomic E-state index is 0.339. The topological polar surface area (TPSA) is 37.3 Å². The van der Waals surface area contributed by atoms with Crippen molar-refractivity contribution >= 4 is 6.29 Å². The fraction of sp³-hybridized carbons (Fsp3) is 0.958. The molecule has 3 fully saturated rings. The fourth-order valence-corrected chi connectivity index (χ4v) is 8.45. The van der Waals surface area contributed by atoms with Crippen LogP contribution in [-0.4, -0.2) is 18.0 Å². The molecule has 0 spiro atoms. The first-order chi connectivity index (χ1) is 12.3. The van der Waals surface area contributed by atoms with Crippen molar-refractivity contribution in [3.8, 4) is 0 Å². The molecule has 0 aromatic heterocycles. The van der Waals surface area contributed by atoms with Crippen molar-refractivity contribution < 1.29 is 9.90 Å². The fourth-order valence-electron chi connectivity index (χ4n) is 8.45. The Labute approximate surface area is 161 Å². The highest BCUT2D eigenvalue weighted by Crippen LogP contribution is 2.68. The minimum absolute atomic E-state index is 0.339. The normalized spacial score (nSPS) is 49.3. The van der Waals surface area contributed by atoms with Gasteiger partial charge in [0.1, 0.15) is 6.29 Å². The van der Waals surface area contributed by atoms with Crippen LogP contribution in [0.2, 0.25) is 0 Å². The van der Waals surface area contributed by atoms with Gasteiger partial charge >= 0.3 is 0 Å². The summed E-state index contributed by atoms with van der Waals surface area (Å²) in [7, 11) is 0. The molecule has 3 rings (SSSR count). The largest absolute Gasteiger partial charge is 0.396 e. The SMILES string of the molecule is CCCC1(C)C(CC=O)CC(C)C2C1CCC1(C)C(C(C)CO)CCC21. The van der Waals surface area contributed by atoms with Crippen LogP contribution >= 0.6 is 0 Å². The number of aldehydes is 1. The van der Waals surface area contributed by atoms with Crippen LogP contribution in [0.1, 0.15) is 86.0 Å². The van der Waals surface area contributed by atoms with Gasteiger partial charge in [0.25, 0.3) is 0 Å². The van der Waals surface area contributed by atoms with E-state index in [1.807, 2.05) is 0 Å². The minimum Gasteiger partial charge on any atom is -0.396 e. The lowest BCUT2D eigenvalue weighted by Crippen LogP contribution is -2.55. The lowest BCUT2D eigenvalue weighted by atomic mass is 9.43. The predicted molar refractivity (Wildman–Crippen MR) is 108 cm³/mol. The lowest BCUT2D eigenvalue weighted by molar-refractivity contribution is -0.135. The molecule has 0 heterocycles. The first-order valence-corrected chi connectivity index (χ1v) is 11.4. The van der Waals surface area contributed by atoms with Crippen molar-refractivity contribution in [3.63, 3.8) is 0 Å². The van der Waals surface area contributed by atoms with Crippen molar-refractivity contribution in [2.24, 2.45) is 52.3 Å². The molecule has 0 amide bonds. The Morgan fingerprint density at radius 2 is 1.92 bits per heavy atom. The van der Waals surface area contributed by atoms with Crippen LogP contribution < -0.4 is 0 Å². The van der Waals surface area contributed by atoms with Crippen LogP contribution in [0.5, 0.6) is 0 Å². The number of hydrogen-bond donors (Lipinski definition) is 1. The molecular weight excluding hydrogens is 320 g/mol. The molecule has 0 aromatic rings. The van der Waals surface area contributed by atoms with Gasteiger partial charge in [0.05, 0.1) is 0 Å². The molecule has 2 nitrogen and oxygen atoms in total. The third-order valence-electron chi connectivity index (χ3n) is 9.64. The Bertz CT molecular complexity index is 502. The Kier molecular flexibility index (Phi) is 5.93. The van der Waals surface area contributed by atoms with E-state index in [0.717, 1.165) is 30.1 Å². The maximum Gasteiger partial charge on any atom is 0.120 e. The third-order valence-corrected chi connectivity index (χ3v) is 9.64. The quantitative estimate of drug-likeness (QED) is 0.613. The Morgan fingerprint density at radius 1 is 1.19 bits per heavy atom. The first kappa shape index (κ1) is 20.4. The van der Waals surface area contributed by atoms with Gasteiger partial charge in [0, 0.05) is 13.0 Å². The average molecular weight is 363 g/mol. The summed E-state index contributed by atoms with van der Waals surface area (Å²) in [6.45, 7) is 12.5. The van der Waals surface area contributed by atoms with Gasteiger partial charge in [-0.25, -0.2) is 0 Å². The van der Waals surface area contributed by atoms with E-state index in [2.05, 4.69) is 34.6 Å². The summed E-state index contributed by atoms with van der Waals surface area (Å²) in [4.78, 5) is 11.4. The molecule has 0 saturated heterocycles. The van der Waals surface area contributed by atoms with Gasteiger partial charge in [-0.3, -0.25) is 0 Å². The lowest BCUT2D eigenvalue weighted by Gasteiger charge is -2.61. The number of aliphatic hydroxyl groups excluding tert-OH is 1. The highest BCUT2D eigenvalue weighted by Gasteiger charge is 2.61. The number of fused-ring (bicyclic) bond motifs is 3. The molecule has 0 aromatic carbocycles. The molecule has 150 valence electrons. The number of hydrogen-bond acceptors (Lipinski definition) is 2. The van der Waals surface area contributed by atoms with Crippen molar-refractivity contribution in [2.45, 2.75) is 86.0 Å². The highest BCUT2D eigenvalue weighted by atomic mass is 16.3. The second-order valence-electron chi connectivity index (χ2n) is 10.7. The zero-order chi connectivity index (χ0) is 19.1. The Balaban J connectivity index is 1.92. The number of aliphatic hydroxyl groups is 1. The third kappa shape index (κ3) is 2.99. The molecule has 0 aliphatic heterocycles. The van der Waals surface area contributed by atoms with E-state index in [1.165, 1.54) is 51.2 Å². The summed E-state index contributed by atoms with van der Waals surface area (Å²) < 4.78 is 0. The van der Waals surface area contributed by atoms with Crippen LogP contribution in [-0.2, 0) is 4.79 Å². The summed E-state index contributed by atoms with van der Waals surface area (Å²) in [5, 5.41) is 9.80. The smallest absolute Gasteiger partial charge is 0.120 e. The van der Waals surface area contributed by atoms with Gasteiger partial charge in [0.2, 0.25) is 0 Å². The van der Waals surface area contributed by atoms with E-state index in [9.17, 15) is 9.90 Å². The van der Waals surface area contributed by atoms with E-state index >= 15 is 0 Å². The predicted octanol–water partition coefficient (Wildman–Crippen LogP) is 5.72. The molecule has 1 N–H and O–H groups in total. The molecule has 9 atom stereocenters. The summed E-state index contributed by atoms with van der Waals surface area (Å²) in [5.41, 5.74) is 0.761. The van der Waals surface area contributed by atoms with Crippen molar-refractivity contribution in [1.29, 1.82) is 0 Å². The van der Waals surface area contributed by atoms with Gasteiger partial charge in [-0.05, 0) is 90.8 Å². The maximum atomic E-state index is 11.4. The molecule has 3 saturated carbocycles. The van der Waals surface area contributed by atoms with Crippen LogP contribution in [0.25, 0.3) is 0 Å².